The molecular weight excluding hydrogens is 164 g/mol. The molecule has 1 aliphatic rings. The number of amides is 1. The number of rotatable bonds is 3. The minimum absolute atomic E-state index is 0.169. The molecule has 2 N–H and O–H groups in total. The molecule has 0 aliphatic carbocycles. The highest BCUT2D eigenvalue weighted by molar-refractivity contribution is 5.79. The van der Waals surface area contributed by atoms with Crippen LogP contribution in [0, 0.1) is 17.8 Å². The molecular formula is C10H16N2O. The highest BCUT2D eigenvalue weighted by Crippen LogP contribution is 2.06. The van der Waals surface area contributed by atoms with Crippen LogP contribution in [0.1, 0.15) is 19.8 Å². The molecule has 1 amide bonds. The van der Waals surface area contributed by atoms with Crippen LogP contribution in [0.3, 0.4) is 0 Å². The van der Waals surface area contributed by atoms with E-state index in [-0.39, 0.29) is 11.8 Å². The summed E-state index contributed by atoms with van der Waals surface area (Å²) in [5.41, 5.74) is 0. The first kappa shape index (κ1) is 10.1. The van der Waals surface area contributed by atoms with Crippen molar-refractivity contribution >= 4 is 5.91 Å². The van der Waals surface area contributed by atoms with Crippen LogP contribution in [0.5, 0.6) is 0 Å². The lowest BCUT2D eigenvalue weighted by Crippen LogP contribution is -2.32. The van der Waals surface area contributed by atoms with Gasteiger partial charge in [-0.05, 0) is 19.9 Å². The molecule has 0 bridgehead atoms. The molecule has 1 heterocycles. The highest BCUT2D eigenvalue weighted by Gasteiger charge is 2.21. The van der Waals surface area contributed by atoms with E-state index in [0.717, 1.165) is 25.9 Å². The Hall–Kier alpha value is -1.01. The molecule has 0 aromatic rings. The SMILES string of the molecule is CC#CCCNC(=O)C1CCNC1. The van der Waals surface area contributed by atoms with Gasteiger partial charge in [0, 0.05) is 19.5 Å². The predicted molar refractivity (Wildman–Crippen MR) is 52.1 cm³/mol. The van der Waals surface area contributed by atoms with E-state index in [2.05, 4.69) is 22.5 Å². The molecule has 72 valence electrons. The van der Waals surface area contributed by atoms with Crippen LogP contribution in [0.2, 0.25) is 0 Å². The quantitative estimate of drug-likeness (QED) is 0.478. The Kier molecular flexibility index (Phi) is 4.34. The molecule has 3 nitrogen and oxygen atoms in total. The van der Waals surface area contributed by atoms with E-state index in [9.17, 15) is 4.79 Å². The highest BCUT2D eigenvalue weighted by atomic mass is 16.1. The second-order valence-electron chi connectivity index (χ2n) is 3.16. The van der Waals surface area contributed by atoms with Crippen molar-refractivity contribution < 1.29 is 4.79 Å². The Morgan fingerprint density at radius 1 is 1.69 bits per heavy atom. The molecule has 0 aromatic heterocycles. The van der Waals surface area contributed by atoms with Gasteiger partial charge in [-0.2, -0.15) is 0 Å². The van der Waals surface area contributed by atoms with Gasteiger partial charge in [0.1, 0.15) is 0 Å². The van der Waals surface area contributed by atoms with Crippen LogP contribution in [0.15, 0.2) is 0 Å². The summed E-state index contributed by atoms with van der Waals surface area (Å²) in [5.74, 6) is 6.06. The summed E-state index contributed by atoms with van der Waals surface area (Å²) in [6.45, 7) is 4.27. The second kappa shape index (κ2) is 5.60. The summed E-state index contributed by atoms with van der Waals surface area (Å²) in [6.07, 6.45) is 1.72. The van der Waals surface area contributed by atoms with Crippen LogP contribution in [-0.4, -0.2) is 25.5 Å². The van der Waals surface area contributed by atoms with Crippen LogP contribution in [0.25, 0.3) is 0 Å². The lowest BCUT2D eigenvalue weighted by molar-refractivity contribution is -0.124. The molecule has 1 saturated heterocycles. The van der Waals surface area contributed by atoms with Gasteiger partial charge in [0.25, 0.3) is 0 Å². The molecule has 1 fully saturated rings. The zero-order chi connectivity index (χ0) is 9.52. The Labute approximate surface area is 79.3 Å². The monoisotopic (exact) mass is 180 g/mol. The summed E-state index contributed by atoms with van der Waals surface area (Å²) < 4.78 is 0. The van der Waals surface area contributed by atoms with E-state index in [4.69, 9.17) is 0 Å². The van der Waals surface area contributed by atoms with Gasteiger partial charge in [0.05, 0.1) is 5.92 Å². The first-order valence-electron chi connectivity index (χ1n) is 4.72. The van der Waals surface area contributed by atoms with Crippen molar-refractivity contribution in [3.8, 4) is 11.8 Å². The number of hydrogen-bond acceptors (Lipinski definition) is 2. The Bertz CT molecular complexity index is 221. The number of hydrogen-bond donors (Lipinski definition) is 2. The molecule has 1 aliphatic heterocycles. The molecule has 0 spiro atoms. The second-order valence-corrected chi connectivity index (χ2v) is 3.16. The fourth-order valence-corrected chi connectivity index (χ4v) is 1.40. The number of carbonyl (C=O) groups is 1. The Morgan fingerprint density at radius 2 is 2.54 bits per heavy atom. The van der Waals surface area contributed by atoms with Crippen molar-refractivity contribution in [1.82, 2.24) is 10.6 Å². The summed E-state index contributed by atoms with van der Waals surface area (Å²) >= 11 is 0. The van der Waals surface area contributed by atoms with Gasteiger partial charge in [0.2, 0.25) is 5.91 Å². The molecule has 1 atom stereocenters. The van der Waals surface area contributed by atoms with E-state index in [1.54, 1.807) is 0 Å². The van der Waals surface area contributed by atoms with E-state index < -0.39 is 0 Å². The summed E-state index contributed by atoms with van der Waals surface area (Å²) in [7, 11) is 0. The van der Waals surface area contributed by atoms with Gasteiger partial charge in [-0.15, -0.1) is 11.8 Å². The van der Waals surface area contributed by atoms with Crippen LogP contribution >= 0.6 is 0 Å². The maximum absolute atomic E-state index is 11.4. The largest absolute Gasteiger partial charge is 0.355 e. The minimum atomic E-state index is 0.169. The normalized spacial score (nSPS) is 20.5. The van der Waals surface area contributed by atoms with Gasteiger partial charge < -0.3 is 10.6 Å². The topological polar surface area (TPSA) is 41.1 Å². The fraction of sp³-hybridized carbons (Fsp3) is 0.700. The maximum Gasteiger partial charge on any atom is 0.224 e. The van der Waals surface area contributed by atoms with E-state index in [1.165, 1.54) is 0 Å². The van der Waals surface area contributed by atoms with Crippen molar-refractivity contribution in [3.63, 3.8) is 0 Å². The van der Waals surface area contributed by atoms with Crippen LogP contribution < -0.4 is 10.6 Å². The Balaban J connectivity index is 2.12. The average Bonchev–Trinajstić information content (AvgIpc) is 2.65. The van der Waals surface area contributed by atoms with Crippen molar-refractivity contribution in [1.29, 1.82) is 0 Å². The first-order chi connectivity index (χ1) is 6.34. The third-order valence-corrected chi connectivity index (χ3v) is 2.16. The van der Waals surface area contributed by atoms with Gasteiger partial charge in [-0.1, -0.05) is 0 Å². The standard InChI is InChI=1S/C10H16N2O/c1-2-3-4-6-12-10(13)9-5-7-11-8-9/h9,11H,4-8H2,1H3,(H,12,13). The maximum atomic E-state index is 11.4. The third-order valence-electron chi connectivity index (χ3n) is 2.16. The number of carbonyl (C=O) groups excluding carboxylic acids is 1. The average molecular weight is 180 g/mol. The molecule has 1 unspecified atom stereocenters. The lowest BCUT2D eigenvalue weighted by Gasteiger charge is -2.07. The third kappa shape index (κ3) is 3.47. The predicted octanol–water partition coefficient (Wildman–Crippen LogP) is 0.126. The van der Waals surface area contributed by atoms with Crippen molar-refractivity contribution in [2.24, 2.45) is 5.92 Å². The smallest absolute Gasteiger partial charge is 0.224 e. The molecule has 0 radical (unpaired) electrons. The van der Waals surface area contributed by atoms with Gasteiger partial charge in [-0.3, -0.25) is 4.79 Å². The van der Waals surface area contributed by atoms with Crippen molar-refractivity contribution in [2.75, 3.05) is 19.6 Å². The summed E-state index contributed by atoms with van der Waals surface area (Å²) in [4.78, 5) is 11.4. The van der Waals surface area contributed by atoms with E-state index in [1.807, 2.05) is 6.92 Å². The molecule has 1 rings (SSSR count). The molecule has 3 heteroatoms. The fourth-order valence-electron chi connectivity index (χ4n) is 1.40. The number of nitrogens with one attached hydrogen (secondary N) is 2. The van der Waals surface area contributed by atoms with Gasteiger partial charge >= 0.3 is 0 Å². The van der Waals surface area contributed by atoms with Crippen molar-refractivity contribution in [2.45, 2.75) is 19.8 Å². The molecule has 0 saturated carbocycles. The van der Waals surface area contributed by atoms with E-state index in [0.29, 0.717) is 6.54 Å². The zero-order valence-corrected chi connectivity index (χ0v) is 8.02. The zero-order valence-electron chi connectivity index (χ0n) is 8.02. The van der Waals surface area contributed by atoms with Crippen molar-refractivity contribution in [3.05, 3.63) is 0 Å². The first-order valence-corrected chi connectivity index (χ1v) is 4.72. The summed E-state index contributed by atoms with van der Waals surface area (Å²) in [6, 6.07) is 0. The van der Waals surface area contributed by atoms with Gasteiger partial charge in [-0.25, -0.2) is 0 Å². The van der Waals surface area contributed by atoms with Crippen LogP contribution in [0.4, 0.5) is 0 Å². The minimum Gasteiger partial charge on any atom is -0.355 e. The van der Waals surface area contributed by atoms with E-state index >= 15 is 0 Å². The summed E-state index contributed by atoms with van der Waals surface area (Å²) in [5, 5.41) is 6.04. The van der Waals surface area contributed by atoms with Gasteiger partial charge in [0.15, 0.2) is 0 Å². The lowest BCUT2D eigenvalue weighted by atomic mass is 10.1. The van der Waals surface area contributed by atoms with Crippen LogP contribution in [-0.2, 0) is 4.79 Å². The molecule has 0 aromatic carbocycles. The Morgan fingerprint density at radius 3 is 3.15 bits per heavy atom. The molecule has 13 heavy (non-hydrogen) atoms.